The molecular formula is C12H13NO2. The molecule has 1 aliphatic carbocycles. The maximum atomic E-state index is 9.39. The quantitative estimate of drug-likeness (QED) is 0.740. The number of furan rings is 1. The molecule has 0 radical (unpaired) electrons. The fourth-order valence-electron chi connectivity index (χ4n) is 2.74. The Balaban J connectivity index is 2.04. The van der Waals surface area contributed by atoms with E-state index >= 15 is 0 Å². The van der Waals surface area contributed by atoms with Crippen LogP contribution in [0.2, 0.25) is 0 Å². The molecule has 2 heterocycles. The summed E-state index contributed by atoms with van der Waals surface area (Å²) in [6.07, 6.45) is 4.79. The highest BCUT2D eigenvalue weighted by Gasteiger charge is 2.62. The molecule has 1 aromatic heterocycles. The average molecular weight is 203 g/mol. The van der Waals surface area contributed by atoms with Crippen molar-refractivity contribution in [1.29, 1.82) is 5.26 Å². The van der Waals surface area contributed by atoms with Crippen LogP contribution in [0.1, 0.15) is 25.0 Å². The van der Waals surface area contributed by atoms with Crippen LogP contribution in [-0.2, 0) is 10.2 Å². The van der Waals surface area contributed by atoms with Crippen LogP contribution in [0.25, 0.3) is 0 Å². The topological polar surface area (TPSA) is 46.2 Å². The van der Waals surface area contributed by atoms with Crippen LogP contribution < -0.4 is 0 Å². The fraction of sp³-hybridized carbons (Fsp3) is 0.583. The molecule has 3 heteroatoms. The zero-order valence-corrected chi connectivity index (χ0v) is 8.53. The van der Waals surface area contributed by atoms with E-state index in [1.807, 2.05) is 12.1 Å². The third-order valence-electron chi connectivity index (χ3n) is 4.03. The van der Waals surface area contributed by atoms with E-state index < -0.39 is 0 Å². The van der Waals surface area contributed by atoms with E-state index in [-0.39, 0.29) is 10.8 Å². The number of nitrogens with zero attached hydrogens (tertiary/aromatic N) is 1. The molecule has 0 unspecified atom stereocenters. The van der Waals surface area contributed by atoms with Crippen molar-refractivity contribution < 1.29 is 9.15 Å². The summed E-state index contributed by atoms with van der Waals surface area (Å²) in [5.41, 5.74) is -0.396. The molecule has 0 atom stereocenters. The number of rotatable bonds is 2. The van der Waals surface area contributed by atoms with Crippen molar-refractivity contribution in [2.45, 2.75) is 24.7 Å². The Hall–Kier alpha value is -1.27. The fourth-order valence-corrected chi connectivity index (χ4v) is 2.74. The molecule has 2 fully saturated rings. The molecule has 0 N–H and O–H groups in total. The molecule has 0 bridgehead atoms. The summed E-state index contributed by atoms with van der Waals surface area (Å²) in [7, 11) is 0. The van der Waals surface area contributed by atoms with E-state index in [0.717, 1.165) is 25.0 Å². The summed E-state index contributed by atoms with van der Waals surface area (Å²) in [6, 6.07) is 6.37. The zero-order valence-electron chi connectivity index (χ0n) is 8.53. The van der Waals surface area contributed by atoms with Crippen LogP contribution in [0.15, 0.2) is 22.8 Å². The molecule has 1 aromatic rings. The summed E-state index contributed by atoms with van der Waals surface area (Å²) < 4.78 is 10.8. The lowest BCUT2D eigenvalue weighted by atomic mass is 9.52. The zero-order chi connectivity index (χ0) is 10.4. The van der Waals surface area contributed by atoms with Gasteiger partial charge in [-0.3, -0.25) is 0 Å². The van der Waals surface area contributed by atoms with Crippen molar-refractivity contribution in [2.24, 2.45) is 5.41 Å². The highest BCUT2D eigenvalue weighted by atomic mass is 16.5. The molecule has 78 valence electrons. The van der Waals surface area contributed by atoms with Crippen molar-refractivity contribution in [2.75, 3.05) is 13.2 Å². The summed E-state index contributed by atoms with van der Waals surface area (Å²) in [5.74, 6) is 0.926. The molecule has 2 aliphatic rings. The number of ether oxygens (including phenoxy) is 1. The van der Waals surface area contributed by atoms with Gasteiger partial charge in [-0.2, -0.15) is 5.26 Å². The van der Waals surface area contributed by atoms with Crippen LogP contribution in [0.3, 0.4) is 0 Å². The Labute approximate surface area is 88.6 Å². The third-order valence-corrected chi connectivity index (χ3v) is 4.03. The predicted octanol–water partition coefficient (Wildman–Crippen LogP) is 2.24. The second-order valence-corrected chi connectivity index (χ2v) is 4.60. The number of hydrogen-bond donors (Lipinski definition) is 0. The minimum atomic E-state index is -0.233. The monoisotopic (exact) mass is 203 g/mol. The molecule has 0 aromatic carbocycles. The maximum absolute atomic E-state index is 9.39. The van der Waals surface area contributed by atoms with Crippen molar-refractivity contribution in [3.05, 3.63) is 24.2 Å². The van der Waals surface area contributed by atoms with Gasteiger partial charge in [-0.15, -0.1) is 0 Å². The van der Waals surface area contributed by atoms with Gasteiger partial charge in [-0.25, -0.2) is 0 Å². The van der Waals surface area contributed by atoms with E-state index in [2.05, 4.69) is 6.07 Å². The summed E-state index contributed by atoms with van der Waals surface area (Å²) >= 11 is 0. The summed E-state index contributed by atoms with van der Waals surface area (Å²) in [5, 5.41) is 9.39. The first-order chi connectivity index (χ1) is 7.33. The van der Waals surface area contributed by atoms with E-state index in [1.54, 1.807) is 6.26 Å². The predicted molar refractivity (Wildman–Crippen MR) is 53.1 cm³/mol. The van der Waals surface area contributed by atoms with Crippen molar-refractivity contribution in [1.82, 2.24) is 0 Å². The Kier molecular flexibility index (Phi) is 1.72. The van der Waals surface area contributed by atoms with Crippen molar-refractivity contribution >= 4 is 0 Å². The summed E-state index contributed by atoms with van der Waals surface area (Å²) in [6.45, 7) is 1.27. The van der Waals surface area contributed by atoms with Gasteiger partial charge in [0.2, 0.25) is 0 Å². The van der Waals surface area contributed by atoms with Gasteiger partial charge in [0.1, 0.15) is 5.76 Å². The van der Waals surface area contributed by atoms with Gasteiger partial charge < -0.3 is 9.15 Å². The van der Waals surface area contributed by atoms with E-state index in [4.69, 9.17) is 9.15 Å². The second-order valence-electron chi connectivity index (χ2n) is 4.60. The van der Waals surface area contributed by atoms with E-state index in [9.17, 15) is 5.26 Å². The van der Waals surface area contributed by atoms with Crippen LogP contribution in [0.5, 0.6) is 0 Å². The number of hydrogen-bond acceptors (Lipinski definition) is 3. The van der Waals surface area contributed by atoms with Gasteiger partial charge in [0.25, 0.3) is 0 Å². The van der Waals surface area contributed by atoms with Gasteiger partial charge in [-0.05, 0) is 25.0 Å². The van der Waals surface area contributed by atoms with Crippen LogP contribution in [0.4, 0.5) is 0 Å². The lowest BCUT2D eigenvalue weighted by Crippen LogP contribution is -2.61. The first-order valence-corrected chi connectivity index (χ1v) is 5.36. The Morgan fingerprint density at radius 1 is 1.33 bits per heavy atom. The molecule has 3 rings (SSSR count). The smallest absolute Gasteiger partial charge is 0.116 e. The Bertz CT molecular complexity index is 394. The largest absolute Gasteiger partial charge is 0.469 e. The summed E-state index contributed by atoms with van der Waals surface area (Å²) in [4.78, 5) is 0. The number of nitriles is 1. The molecule has 0 spiro atoms. The van der Waals surface area contributed by atoms with Crippen molar-refractivity contribution in [3.63, 3.8) is 0 Å². The maximum Gasteiger partial charge on any atom is 0.116 e. The third kappa shape index (κ3) is 0.929. The van der Waals surface area contributed by atoms with Gasteiger partial charge in [-0.1, -0.05) is 6.42 Å². The molecule has 0 amide bonds. The average Bonchev–Trinajstić information content (AvgIpc) is 2.60. The highest BCUT2D eigenvalue weighted by molar-refractivity contribution is 5.31. The molecule has 1 saturated carbocycles. The van der Waals surface area contributed by atoms with E-state index in [1.165, 1.54) is 0 Å². The second kappa shape index (κ2) is 2.86. The molecule has 3 nitrogen and oxygen atoms in total. The van der Waals surface area contributed by atoms with Crippen LogP contribution >= 0.6 is 0 Å². The van der Waals surface area contributed by atoms with Gasteiger partial charge >= 0.3 is 0 Å². The molecule has 1 saturated heterocycles. The molecule has 1 aliphatic heterocycles. The highest BCUT2D eigenvalue weighted by Crippen LogP contribution is 2.58. The first-order valence-electron chi connectivity index (χ1n) is 5.36. The van der Waals surface area contributed by atoms with Crippen LogP contribution in [0, 0.1) is 16.7 Å². The lowest BCUT2D eigenvalue weighted by Gasteiger charge is -2.54. The van der Waals surface area contributed by atoms with Crippen LogP contribution in [-0.4, -0.2) is 13.2 Å². The van der Waals surface area contributed by atoms with Gasteiger partial charge in [0.05, 0.1) is 36.4 Å². The Morgan fingerprint density at radius 2 is 2.13 bits per heavy atom. The minimum absolute atomic E-state index is 0.163. The normalized spacial score (nSPS) is 26.1. The minimum Gasteiger partial charge on any atom is -0.469 e. The van der Waals surface area contributed by atoms with E-state index in [0.29, 0.717) is 13.2 Å². The Morgan fingerprint density at radius 3 is 2.47 bits per heavy atom. The molecular weight excluding hydrogens is 190 g/mol. The molecule has 15 heavy (non-hydrogen) atoms. The first kappa shape index (κ1) is 8.99. The standard InChI is InChI=1S/C12H13NO2/c13-7-11(4-2-5-11)12(8-14-9-12)10-3-1-6-15-10/h1,3,6H,2,4-5,8-9H2. The lowest BCUT2D eigenvalue weighted by molar-refractivity contribution is -0.143. The van der Waals surface area contributed by atoms with Gasteiger partial charge in [0, 0.05) is 0 Å². The van der Waals surface area contributed by atoms with Crippen molar-refractivity contribution in [3.8, 4) is 6.07 Å². The SMILES string of the molecule is N#CC1(C2(c3ccco3)COC2)CCC1. The van der Waals surface area contributed by atoms with Gasteiger partial charge in [0.15, 0.2) is 0 Å².